The van der Waals surface area contributed by atoms with Gasteiger partial charge in [-0.1, -0.05) is 11.6 Å². The average molecular weight is 496 g/mol. The predicted octanol–water partition coefficient (Wildman–Crippen LogP) is 3.03. The molecule has 2 N–H and O–H groups in total. The largest absolute Gasteiger partial charge is 0.369 e. The van der Waals surface area contributed by atoms with Crippen LogP contribution in [0.4, 0.5) is 5.82 Å². The summed E-state index contributed by atoms with van der Waals surface area (Å²) in [6.45, 7) is 6.64. The van der Waals surface area contributed by atoms with E-state index in [0.717, 1.165) is 46.6 Å². The number of benzene rings is 1. The van der Waals surface area contributed by atoms with Crippen molar-refractivity contribution in [2.75, 3.05) is 31.1 Å². The van der Waals surface area contributed by atoms with E-state index in [0.29, 0.717) is 44.0 Å². The van der Waals surface area contributed by atoms with Gasteiger partial charge in [0.05, 0.1) is 22.5 Å². The topological polar surface area (TPSA) is 110 Å². The minimum absolute atomic E-state index is 0.0152. The average Bonchev–Trinajstić information content (AvgIpc) is 3.22. The van der Waals surface area contributed by atoms with Crippen molar-refractivity contribution in [3.63, 3.8) is 0 Å². The highest BCUT2D eigenvalue weighted by Crippen LogP contribution is 2.32. The van der Waals surface area contributed by atoms with Gasteiger partial charge in [-0.15, -0.1) is 5.10 Å². The molecule has 2 aliphatic rings. The first-order valence-electron chi connectivity index (χ1n) is 12.1. The van der Waals surface area contributed by atoms with E-state index >= 15 is 0 Å². The smallest absolute Gasteiger partial charge is 0.225 e. The summed E-state index contributed by atoms with van der Waals surface area (Å²) in [6.07, 6.45) is 2.82. The zero-order valence-electron chi connectivity index (χ0n) is 20.1. The number of fused-ring (bicyclic) bond motifs is 1. The number of nitrogens with zero attached hydrogens (tertiary/aromatic N) is 6. The van der Waals surface area contributed by atoms with Gasteiger partial charge in [0.2, 0.25) is 11.8 Å². The summed E-state index contributed by atoms with van der Waals surface area (Å²) >= 11 is 6.07. The number of primary amides is 1. The molecule has 2 aliphatic heterocycles. The Morgan fingerprint density at radius 3 is 2.20 bits per heavy atom. The van der Waals surface area contributed by atoms with Crippen molar-refractivity contribution >= 4 is 40.1 Å². The zero-order valence-corrected chi connectivity index (χ0v) is 20.8. The van der Waals surface area contributed by atoms with Gasteiger partial charge in [-0.05, 0) is 63.8 Å². The van der Waals surface area contributed by atoms with Crippen molar-refractivity contribution in [3.8, 4) is 5.69 Å². The van der Waals surface area contributed by atoms with Crippen molar-refractivity contribution in [1.82, 2.24) is 24.9 Å². The molecule has 2 aromatic heterocycles. The molecule has 0 atom stereocenters. The number of amides is 2. The molecule has 0 bridgehead atoms. The van der Waals surface area contributed by atoms with E-state index in [1.165, 1.54) is 0 Å². The predicted molar refractivity (Wildman–Crippen MR) is 135 cm³/mol. The van der Waals surface area contributed by atoms with Gasteiger partial charge >= 0.3 is 0 Å². The van der Waals surface area contributed by atoms with Gasteiger partial charge in [-0.3, -0.25) is 9.59 Å². The molecule has 0 spiro atoms. The van der Waals surface area contributed by atoms with E-state index in [-0.39, 0.29) is 23.7 Å². The van der Waals surface area contributed by atoms with Crippen molar-refractivity contribution < 1.29 is 9.59 Å². The molecule has 0 unspecified atom stereocenters. The lowest BCUT2D eigenvalue weighted by Crippen LogP contribution is -2.47. The van der Waals surface area contributed by atoms with Crippen LogP contribution in [0.3, 0.4) is 0 Å². The Labute approximate surface area is 209 Å². The molecule has 0 aliphatic carbocycles. The van der Waals surface area contributed by atoms with Crippen LogP contribution in [0.2, 0.25) is 5.02 Å². The van der Waals surface area contributed by atoms with E-state index in [4.69, 9.17) is 22.4 Å². The molecule has 2 amide bonds. The number of hydrogen-bond donors (Lipinski definition) is 1. The van der Waals surface area contributed by atoms with Gasteiger partial charge in [0.15, 0.2) is 5.82 Å². The highest BCUT2D eigenvalue weighted by molar-refractivity contribution is 6.30. The molecule has 184 valence electrons. The summed E-state index contributed by atoms with van der Waals surface area (Å²) in [5.74, 6) is 0.563. The third kappa shape index (κ3) is 4.45. The number of nitrogens with two attached hydrogens (primary N) is 1. The van der Waals surface area contributed by atoms with Crippen LogP contribution in [0, 0.1) is 25.7 Å². The fraction of sp³-hybridized carbons (Fsp3) is 0.480. The quantitative estimate of drug-likeness (QED) is 0.595. The molecule has 0 saturated carbocycles. The zero-order chi connectivity index (χ0) is 24.7. The van der Waals surface area contributed by atoms with Crippen LogP contribution in [-0.4, -0.2) is 62.9 Å². The third-order valence-corrected chi connectivity index (χ3v) is 7.66. The molecule has 2 saturated heterocycles. The molecule has 10 heteroatoms. The lowest BCUT2D eigenvalue weighted by Gasteiger charge is -2.37. The van der Waals surface area contributed by atoms with Gasteiger partial charge in [0.1, 0.15) is 5.52 Å². The van der Waals surface area contributed by atoms with Crippen molar-refractivity contribution in [3.05, 3.63) is 40.7 Å². The first kappa shape index (κ1) is 23.5. The van der Waals surface area contributed by atoms with Gasteiger partial charge in [-0.2, -0.15) is 10.2 Å². The summed E-state index contributed by atoms with van der Waals surface area (Å²) in [5.41, 5.74) is 9.02. The molecule has 4 heterocycles. The standard InChI is InChI=1S/C25H30ClN7O2/c1-15-21-16(2)33(20-5-3-19(26)4-6-20)30-22(21)24(29-28-15)31-11-9-18(10-12-31)25(35)32-13-7-17(8-14-32)23(27)34/h3-6,17-18H,7-14H2,1-2H3,(H2,27,34). The number of anilines is 1. The van der Waals surface area contributed by atoms with Gasteiger partial charge < -0.3 is 15.5 Å². The van der Waals surface area contributed by atoms with E-state index in [1.54, 1.807) is 0 Å². The molecular formula is C25H30ClN7O2. The van der Waals surface area contributed by atoms with E-state index in [9.17, 15) is 9.59 Å². The van der Waals surface area contributed by atoms with E-state index in [2.05, 4.69) is 15.1 Å². The Balaban J connectivity index is 1.32. The summed E-state index contributed by atoms with van der Waals surface area (Å²) in [6, 6.07) is 7.59. The fourth-order valence-corrected chi connectivity index (χ4v) is 5.47. The molecule has 0 radical (unpaired) electrons. The van der Waals surface area contributed by atoms with E-state index in [1.807, 2.05) is 47.7 Å². The number of carbonyl (C=O) groups excluding carboxylic acids is 2. The maximum atomic E-state index is 13.1. The number of halogens is 1. The van der Waals surface area contributed by atoms with E-state index < -0.39 is 0 Å². The molecule has 3 aromatic rings. The monoisotopic (exact) mass is 495 g/mol. The Bertz CT molecular complexity index is 1260. The number of piperidine rings is 2. The number of rotatable bonds is 4. The lowest BCUT2D eigenvalue weighted by molar-refractivity contribution is -0.139. The van der Waals surface area contributed by atoms with Crippen LogP contribution in [0.1, 0.15) is 37.1 Å². The molecule has 35 heavy (non-hydrogen) atoms. The SMILES string of the molecule is Cc1nnc(N2CCC(C(=O)N3CCC(C(N)=O)CC3)CC2)c2nn(-c3ccc(Cl)cc3)c(C)c12. The summed E-state index contributed by atoms with van der Waals surface area (Å²) < 4.78 is 1.91. The molecule has 1 aromatic carbocycles. The second kappa shape index (κ2) is 9.45. The first-order valence-corrected chi connectivity index (χ1v) is 12.5. The minimum atomic E-state index is -0.260. The van der Waals surface area contributed by atoms with Crippen molar-refractivity contribution in [2.45, 2.75) is 39.5 Å². The van der Waals surface area contributed by atoms with Gasteiger partial charge in [0, 0.05) is 43.0 Å². The summed E-state index contributed by atoms with van der Waals surface area (Å²) in [7, 11) is 0. The number of carbonyl (C=O) groups is 2. The number of aromatic nitrogens is 4. The lowest BCUT2D eigenvalue weighted by atomic mass is 9.92. The van der Waals surface area contributed by atoms with Crippen LogP contribution in [0.25, 0.3) is 16.6 Å². The Morgan fingerprint density at radius 1 is 0.943 bits per heavy atom. The highest BCUT2D eigenvalue weighted by atomic mass is 35.5. The maximum absolute atomic E-state index is 13.1. The Kier molecular flexibility index (Phi) is 6.35. The second-order valence-electron chi connectivity index (χ2n) is 9.57. The molecule has 5 rings (SSSR count). The normalized spacial score (nSPS) is 17.8. The minimum Gasteiger partial charge on any atom is -0.369 e. The highest BCUT2D eigenvalue weighted by Gasteiger charge is 2.33. The van der Waals surface area contributed by atoms with Crippen LogP contribution in [0.5, 0.6) is 0 Å². The molecule has 2 fully saturated rings. The molecular weight excluding hydrogens is 466 g/mol. The number of likely N-dealkylation sites (tertiary alicyclic amines) is 1. The third-order valence-electron chi connectivity index (χ3n) is 7.41. The van der Waals surface area contributed by atoms with Crippen molar-refractivity contribution in [2.24, 2.45) is 17.6 Å². The van der Waals surface area contributed by atoms with Crippen molar-refractivity contribution in [1.29, 1.82) is 0 Å². The summed E-state index contributed by atoms with van der Waals surface area (Å²) in [4.78, 5) is 28.6. The van der Waals surface area contributed by atoms with Gasteiger partial charge in [0.25, 0.3) is 0 Å². The number of aryl methyl sites for hydroxylation is 2. The van der Waals surface area contributed by atoms with Crippen LogP contribution < -0.4 is 10.6 Å². The summed E-state index contributed by atoms with van der Waals surface area (Å²) in [5, 5.41) is 15.5. The van der Waals surface area contributed by atoms with Crippen LogP contribution >= 0.6 is 11.6 Å². The fourth-order valence-electron chi connectivity index (χ4n) is 5.34. The molecule has 9 nitrogen and oxygen atoms in total. The number of hydrogen-bond acceptors (Lipinski definition) is 6. The van der Waals surface area contributed by atoms with Crippen LogP contribution in [-0.2, 0) is 9.59 Å². The second-order valence-corrected chi connectivity index (χ2v) is 10.0. The first-order chi connectivity index (χ1) is 16.8. The van der Waals surface area contributed by atoms with Gasteiger partial charge in [-0.25, -0.2) is 4.68 Å². The Morgan fingerprint density at radius 2 is 1.57 bits per heavy atom. The van der Waals surface area contributed by atoms with Crippen LogP contribution in [0.15, 0.2) is 24.3 Å². The maximum Gasteiger partial charge on any atom is 0.225 e. The Hall–Kier alpha value is -3.20.